The molecule has 6 heteroatoms. The molecule has 0 atom stereocenters. The molecule has 0 radical (unpaired) electrons. The lowest BCUT2D eigenvalue weighted by Gasteiger charge is -2.28. The van der Waals surface area contributed by atoms with Gasteiger partial charge in [-0.05, 0) is 41.0 Å². The second-order valence-electron chi connectivity index (χ2n) is 8.10. The highest BCUT2D eigenvalue weighted by Crippen LogP contribution is 2.31. The highest BCUT2D eigenvalue weighted by atomic mass is 16.5. The number of carbonyl (C=O) groups is 2. The molecule has 0 spiro atoms. The van der Waals surface area contributed by atoms with Crippen molar-refractivity contribution >= 4 is 23.5 Å². The summed E-state index contributed by atoms with van der Waals surface area (Å²) in [5.74, 6) is 0.0992. The van der Waals surface area contributed by atoms with Crippen molar-refractivity contribution in [3.05, 3.63) is 119 Å². The van der Waals surface area contributed by atoms with Gasteiger partial charge in [0, 0.05) is 22.9 Å². The van der Waals surface area contributed by atoms with Crippen LogP contribution in [0.5, 0.6) is 5.75 Å². The summed E-state index contributed by atoms with van der Waals surface area (Å²) in [7, 11) is 1.60. The number of aromatic nitrogens is 2. The maximum atomic E-state index is 13.5. The van der Waals surface area contributed by atoms with Crippen molar-refractivity contribution in [1.29, 1.82) is 0 Å². The Kier molecular flexibility index (Phi) is 5.79. The fraction of sp³-hybridized carbons (Fsp3) is 0.107. The maximum Gasteiger partial charge on any atom is 0.261 e. The lowest BCUT2D eigenvalue weighted by molar-refractivity contribution is -0.123. The molecule has 5 rings (SSSR count). The summed E-state index contributed by atoms with van der Waals surface area (Å²) in [4.78, 5) is 28.0. The standard InChI is InChI=1S/C28H23N3O3/c1-34-23-13-11-21(12-14-23)19-31-27(32)25-10-6-5-9-24(25)26(28(31)33)15-22-16-29-30(18-22)17-20-7-3-2-4-8-20/h2-16,18H,17,19H2,1H3/b26-15-. The minimum absolute atomic E-state index is 0.181. The number of ether oxygens (including phenoxy) is 1. The molecule has 0 saturated carbocycles. The summed E-state index contributed by atoms with van der Waals surface area (Å²) in [5.41, 5.74) is 4.41. The van der Waals surface area contributed by atoms with Crippen LogP contribution in [-0.2, 0) is 17.9 Å². The van der Waals surface area contributed by atoms with Gasteiger partial charge in [-0.2, -0.15) is 5.10 Å². The molecule has 0 N–H and O–H groups in total. The first-order valence-electron chi connectivity index (χ1n) is 11.0. The predicted octanol–water partition coefficient (Wildman–Crippen LogP) is 4.66. The molecule has 0 fully saturated rings. The van der Waals surface area contributed by atoms with E-state index < -0.39 is 0 Å². The molecule has 4 aromatic rings. The molecule has 1 aliphatic rings. The lowest BCUT2D eigenvalue weighted by Crippen LogP contribution is -2.41. The first-order valence-corrected chi connectivity index (χ1v) is 11.0. The number of hydrogen-bond acceptors (Lipinski definition) is 4. The molecule has 2 amide bonds. The topological polar surface area (TPSA) is 64.4 Å². The molecule has 0 saturated heterocycles. The first kappa shape index (κ1) is 21.4. The average Bonchev–Trinajstić information content (AvgIpc) is 3.32. The maximum absolute atomic E-state index is 13.5. The number of nitrogens with zero attached hydrogens (tertiary/aromatic N) is 3. The van der Waals surface area contributed by atoms with E-state index in [-0.39, 0.29) is 18.4 Å². The summed E-state index contributed by atoms with van der Waals surface area (Å²) >= 11 is 0. The third-order valence-electron chi connectivity index (χ3n) is 5.82. The van der Waals surface area contributed by atoms with Gasteiger partial charge in [-0.25, -0.2) is 0 Å². The van der Waals surface area contributed by atoms with E-state index in [0.29, 0.717) is 23.2 Å². The average molecular weight is 450 g/mol. The highest BCUT2D eigenvalue weighted by Gasteiger charge is 2.34. The Bertz CT molecular complexity index is 1370. The van der Waals surface area contributed by atoms with Crippen LogP contribution in [0.3, 0.4) is 0 Å². The molecule has 168 valence electrons. The van der Waals surface area contributed by atoms with Crippen molar-refractivity contribution in [3.8, 4) is 5.75 Å². The van der Waals surface area contributed by atoms with Gasteiger partial charge in [0.05, 0.1) is 26.4 Å². The van der Waals surface area contributed by atoms with Crippen LogP contribution in [-0.4, -0.2) is 33.6 Å². The Morgan fingerprint density at radius 2 is 1.47 bits per heavy atom. The van der Waals surface area contributed by atoms with Crippen molar-refractivity contribution in [2.75, 3.05) is 7.11 Å². The largest absolute Gasteiger partial charge is 0.497 e. The number of imide groups is 1. The summed E-state index contributed by atoms with van der Waals surface area (Å²) in [6, 6.07) is 24.6. The van der Waals surface area contributed by atoms with Gasteiger partial charge in [0.2, 0.25) is 0 Å². The van der Waals surface area contributed by atoms with Crippen molar-refractivity contribution in [2.45, 2.75) is 13.1 Å². The minimum atomic E-state index is -0.324. The number of fused-ring (bicyclic) bond motifs is 1. The zero-order valence-corrected chi connectivity index (χ0v) is 18.7. The SMILES string of the molecule is COc1ccc(CN2C(=O)/C(=C\c3cnn(Cc4ccccc4)c3)c3ccccc3C2=O)cc1. The van der Waals surface area contributed by atoms with Gasteiger partial charge in [0.1, 0.15) is 5.75 Å². The highest BCUT2D eigenvalue weighted by molar-refractivity contribution is 6.33. The lowest BCUT2D eigenvalue weighted by atomic mass is 9.92. The van der Waals surface area contributed by atoms with E-state index in [2.05, 4.69) is 5.10 Å². The molecular formula is C28H23N3O3. The Morgan fingerprint density at radius 1 is 0.794 bits per heavy atom. The van der Waals surface area contributed by atoms with Crippen LogP contribution in [0.2, 0.25) is 0 Å². The van der Waals surface area contributed by atoms with E-state index >= 15 is 0 Å². The Hall–Kier alpha value is -4.45. The summed E-state index contributed by atoms with van der Waals surface area (Å²) in [5, 5.41) is 4.44. The fourth-order valence-electron chi connectivity index (χ4n) is 4.08. The monoisotopic (exact) mass is 449 g/mol. The predicted molar refractivity (Wildman–Crippen MR) is 130 cm³/mol. The van der Waals surface area contributed by atoms with Gasteiger partial charge in [-0.15, -0.1) is 0 Å². The molecule has 34 heavy (non-hydrogen) atoms. The van der Waals surface area contributed by atoms with Crippen molar-refractivity contribution in [2.24, 2.45) is 0 Å². The van der Waals surface area contributed by atoms with Gasteiger partial charge in [0.25, 0.3) is 11.8 Å². The van der Waals surface area contributed by atoms with E-state index in [9.17, 15) is 9.59 Å². The van der Waals surface area contributed by atoms with Gasteiger partial charge in [0.15, 0.2) is 0 Å². The molecule has 0 unspecified atom stereocenters. The summed E-state index contributed by atoms with van der Waals surface area (Å²) in [6.45, 7) is 0.817. The van der Waals surface area contributed by atoms with Crippen molar-refractivity contribution < 1.29 is 14.3 Å². The number of hydrogen-bond donors (Lipinski definition) is 0. The Morgan fingerprint density at radius 3 is 2.21 bits per heavy atom. The van der Waals surface area contributed by atoms with Crippen molar-refractivity contribution in [3.63, 3.8) is 0 Å². The van der Waals surface area contributed by atoms with E-state index in [1.807, 2.05) is 89.8 Å². The van der Waals surface area contributed by atoms with E-state index in [4.69, 9.17) is 4.74 Å². The number of rotatable bonds is 6. The minimum Gasteiger partial charge on any atom is -0.497 e. The van der Waals surface area contributed by atoms with Crippen LogP contribution in [0, 0.1) is 0 Å². The molecule has 6 nitrogen and oxygen atoms in total. The van der Waals surface area contributed by atoms with Crippen LogP contribution in [0.15, 0.2) is 91.3 Å². The zero-order valence-electron chi connectivity index (χ0n) is 18.7. The third-order valence-corrected chi connectivity index (χ3v) is 5.82. The first-order chi connectivity index (χ1) is 16.6. The number of benzene rings is 3. The summed E-state index contributed by atoms with van der Waals surface area (Å²) < 4.78 is 7.04. The molecule has 3 aromatic carbocycles. The quantitative estimate of drug-likeness (QED) is 0.317. The third kappa shape index (κ3) is 4.26. The molecule has 1 aliphatic heterocycles. The van der Waals surface area contributed by atoms with Crippen LogP contribution in [0.25, 0.3) is 11.6 Å². The van der Waals surface area contributed by atoms with E-state index in [1.54, 1.807) is 19.4 Å². The molecular weight excluding hydrogens is 426 g/mol. The molecule has 0 aliphatic carbocycles. The van der Waals surface area contributed by atoms with Gasteiger partial charge in [-0.1, -0.05) is 60.7 Å². The van der Waals surface area contributed by atoms with Gasteiger partial charge < -0.3 is 4.74 Å². The number of amides is 2. The van der Waals surface area contributed by atoms with Crippen LogP contribution in [0.4, 0.5) is 0 Å². The van der Waals surface area contributed by atoms with Gasteiger partial charge >= 0.3 is 0 Å². The van der Waals surface area contributed by atoms with Gasteiger partial charge in [-0.3, -0.25) is 19.2 Å². The molecule has 2 heterocycles. The Labute approximate surface area is 197 Å². The van der Waals surface area contributed by atoms with Crippen LogP contribution >= 0.6 is 0 Å². The van der Waals surface area contributed by atoms with Crippen molar-refractivity contribution in [1.82, 2.24) is 14.7 Å². The van der Waals surface area contributed by atoms with Crippen LogP contribution in [0.1, 0.15) is 32.6 Å². The summed E-state index contributed by atoms with van der Waals surface area (Å²) in [6.07, 6.45) is 5.44. The fourth-order valence-corrected chi connectivity index (χ4v) is 4.08. The van der Waals surface area contributed by atoms with E-state index in [0.717, 1.165) is 22.4 Å². The normalized spacial score (nSPS) is 14.4. The van der Waals surface area contributed by atoms with E-state index in [1.165, 1.54) is 4.90 Å². The smallest absolute Gasteiger partial charge is 0.261 e. The molecule has 1 aromatic heterocycles. The second kappa shape index (κ2) is 9.19. The molecule has 0 bridgehead atoms. The van der Waals surface area contributed by atoms with Crippen LogP contribution < -0.4 is 4.74 Å². The number of carbonyl (C=O) groups excluding carboxylic acids is 2. The second-order valence-corrected chi connectivity index (χ2v) is 8.10. The Balaban J connectivity index is 1.47. The zero-order chi connectivity index (χ0) is 23.5. The number of methoxy groups -OCH3 is 1.